The molecule has 14 nitrogen and oxygen atoms in total. The van der Waals surface area contributed by atoms with Gasteiger partial charge in [-0.1, -0.05) is 44.4 Å². The van der Waals surface area contributed by atoms with Crippen molar-refractivity contribution in [2.45, 2.75) is 136 Å². The zero-order valence-corrected chi connectivity index (χ0v) is 43.7. The number of fused-ring (bicyclic) bond motifs is 9. The summed E-state index contributed by atoms with van der Waals surface area (Å²) in [6, 6.07) is 16.3. The van der Waals surface area contributed by atoms with Crippen LogP contribution in [0.3, 0.4) is 0 Å². The van der Waals surface area contributed by atoms with E-state index in [1.165, 1.54) is 29.3 Å². The number of aromatic nitrogens is 2. The number of phenols is 1. The van der Waals surface area contributed by atoms with Crippen LogP contribution in [0.25, 0.3) is 22.3 Å². The van der Waals surface area contributed by atoms with Crippen LogP contribution in [-0.2, 0) is 53.9 Å². The third kappa shape index (κ3) is 8.72. The molecule has 74 heavy (non-hydrogen) atoms. The molecule has 5 heterocycles. The lowest BCUT2D eigenvalue weighted by Crippen LogP contribution is -2.50. The molecule has 2 aromatic carbocycles. The van der Waals surface area contributed by atoms with E-state index in [0.29, 0.717) is 54.0 Å². The van der Waals surface area contributed by atoms with Crippen molar-refractivity contribution in [1.29, 1.82) is 0 Å². The Hall–Kier alpha value is -5.96. The van der Waals surface area contributed by atoms with Crippen molar-refractivity contribution in [3.05, 3.63) is 109 Å². The first-order valence-corrected chi connectivity index (χ1v) is 27.3. The Morgan fingerprint density at radius 3 is 2.45 bits per heavy atom. The van der Waals surface area contributed by atoms with E-state index in [1.54, 1.807) is 42.7 Å². The number of piperazine rings is 1. The number of ether oxygens (including phenoxy) is 2. The number of nitrogens with zero attached hydrogens (tertiary/aromatic N) is 5. The number of benzene rings is 2. The minimum Gasteiger partial charge on any atom is -0.508 e. The summed E-state index contributed by atoms with van der Waals surface area (Å²) >= 11 is 0. The number of rotatable bonds is 14. The monoisotopic (exact) mass is 1010 g/mol. The predicted octanol–water partition coefficient (Wildman–Crippen LogP) is 8.25. The lowest BCUT2D eigenvalue weighted by molar-refractivity contribution is -0.172. The van der Waals surface area contributed by atoms with Crippen molar-refractivity contribution in [2.24, 2.45) is 23.2 Å². The number of Topliss-reactive ketones (excluding diaryl/α,β-unsaturated/α-hetero) is 1. The van der Waals surface area contributed by atoms with Crippen molar-refractivity contribution in [3.8, 4) is 17.1 Å². The van der Waals surface area contributed by atoms with Gasteiger partial charge in [0.25, 0.3) is 5.56 Å². The van der Waals surface area contributed by atoms with Crippen molar-refractivity contribution in [1.82, 2.24) is 19.4 Å². The van der Waals surface area contributed by atoms with Gasteiger partial charge < -0.3 is 34.1 Å². The van der Waals surface area contributed by atoms with Gasteiger partial charge in [0.1, 0.15) is 24.2 Å². The lowest BCUT2D eigenvalue weighted by atomic mass is 9.51. The molecule has 1 saturated heterocycles. The van der Waals surface area contributed by atoms with E-state index < -0.39 is 11.6 Å². The molecule has 2 aromatic heterocycles. The molecule has 390 valence electrons. The highest BCUT2D eigenvalue weighted by molar-refractivity contribution is 5.93. The first-order chi connectivity index (χ1) is 35.6. The summed E-state index contributed by atoms with van der Waals surface area (Å²) in [4.78, 5) is 77.1. The number of aromatic hydroxyl groups is 1. The molecule has 7 atom stereocenters. The predicted molar refractivity (Wildman–Crippen MR) is 281 cm³/mol. The molecule has 4 aliphatic carbocycles. The van der Waals surface area contributed by atoms with Crippen LogP contribution in [0.15, 0.2) is 76.1 Å². The number of carbonyl (C=O) groups is 4. The highest BCUT2D eigenvalue weighted by Gasteiger charge is 2.60. The first-order valence-electron chi connectivity index (χ1n) is 27.3. The van der Waals surface area contributed by atoms with Gasteiger partial charge in [0, 0.05) is 112 Å². The van der Waals surface area contributed by atoms with Crippen molar-refractivity contribution in [2.75, 3.05) is 51.2 Å². The van der Waals surface area contributed by atoms with E-state index >= 15 is 0 Å². The fraction of sp³-hybridized carbons (Fsp3) is 0.533. The molecule has 7 aliphatic rings. The molecule has 0 radical (unpaired) electrons. The van der Waals surface area contributed by atoms with Crippen LogP contribution >= 0.6 is 0 Å². The second kappa shape index (κ2) is 19.6. The Labute approximate surface area is 433 Å². The van der Waals surface area contributed by atoms with E-state index in [1.807, 2.05) is 6.07 Å². The van der Waals surface area contributed by atoms with Gasteiger partial charge in [0.05, 0.1) is 29.0 Å². The molecule has 14 heteroatoms. The number of anilines is 1. The minimum atomic E-state index is -1.88. The van der Waals surface area contributed by atoms with Crippen LogP contribution in [-0.4, -0.2) is 105 Å². The number of ketones is 2. The summed E-state index contributed by atoms with van der Waals surface area (Å²) in [5.41, 5.74) is 7.86. The second-order valence-corrected chi connectivity index (χ2v) is 22.8. The zero-order chi connectivity index (χ0) is 51.8. The third-order valence-corrected chi connectivity index (χ3v) is 18.6. The topological polar surface area (TPSA) is 172 Å². The van der Waals surface area contributed by atoms with Gasteiger partial charge in [-0.15, -0.1) is 0 Å². The number of carbonyl (C=O) groups excluding carboxylic acids is 4. The number of pyridine rings is 2. The Kier molecular flexibility index (Phi) is 13.3. The Morgan fingerprint density at radius 1 is 0.946 bits per heavy atom. The molecule has 3 fully saturated rings. The smallest absolute Gasteiger partial charge is 0.343 e. The van der Waals surface area contributed by atoms with Crippen LogP contribution < -0.4 is 10.5 Å². The van der Waals surface area contributed by atoms with Gasteiger partial charge in [-0.3, -0.25) is 24.1 Å². The minimum absolute atomic E-state index is 0.0196. The highest BCUT2D eigenvalue weighted by Crippen LogP contribution is 2.66. The van der Waals surface area contributed by atoms with E-state index in [4.69, 9.17) is 14.5 Å². The number of hydrogen-bond donors (Lipinski definition) is 2. The fourth-order valence-electron chi connectivity index (χ4n) is 14.7. The number of hydrogen-bond acceptors (Lipinski definition) is 13. The molecular formula is C60H71N5O9. The summed E-state index contributed by atoms with van der Waals surface area (Å²) in [5.74, 6) is -0.103. The third-order valence-electron chi connectivity index (χ3n) is 18.6. The molecule has 0 spiro atoms. The molecule has 3 aliphatic heterocycles. The highest BCUT2D eigenvalue weighted by atomic mass is 16.6. The van der Waals surface area contributed by atoms with Crippen LogP contribution in [0.2, 0.25) is 0 Å². The quantitative estimate of drug-likeness (QED) is 0.0806. The number of allylic oxidation sites excluding steroid dienone is 2. The normalized spacial score (nSPS) is 27.4. The Morgan fingerprint density at radius 2 is 1.70 bits per heavy atom. The van der Waals surface area contributed by atoms with Gasteiger partial charge in [-0.2, -0.15) is 0 Å². The van der Waals surface area contributed by atoms with E-state index in [0.717, 1.165) is 113 Å². The Balaban J connectivity index is 0.678. The van der Waals surface area contributed by atoms with Crippen molar-refractivity contribution < 1.29 is 38.9 Å². The van der Waals surface area contributed by atoms with Crippen molar-refractivity contribution >= 4 is 40.1 Å². The van der Waals surface area contributed by atoms with Crippen LogP contribution in [0, 0.1) is 23.2 Å². The summed E-state index contributed by atoms with van der Waals surface area (Å²) in [6.07, 6.45) is 10.6. The SMILES string of the molecule is CC[C@@]1(O)C(=O)OCc2c1cc1n(c2=O)Cc2cc3c(CN4CCN(CCCCCCN(C)c5ccc([C@H]6C[C@]7(C)[C@H](C(C)=O)CC[C@H]7[C@H]7C6=C6CCC(=O)C=C6CC7OC(C)=O)cc5)CC4)c(O)ccc3nc2-1. The van der Waals surface area contributed by atoms with E-state index in [2.05, 4.69) is 52.9 Å². The summed E-state index contributed by atoms with van der Waals surface area (Å²) in [6.45, 7) is 13.7. The van der Waals surface area contributed by atoms with E-state index in [-0.39, 0.29) is 77.1 Å². The molecule has 11 rings (SSSR count). The fourth-order valence-corrected chi connectivity index (χ4v) is 14.7. The molecule has 2 saturated carbocycles. The molecule has 1 unspecified atom stereocenters. The standard InChI is InChI=1S/C60H71N5O9/c1-6-60(72)49-30-51-56-39(32-65(51)57(70)46(49)34-73-58(60)71)28-43-45(52(69)20-19-50(43)61-56)33-64-25-23-63(24-26-64)22-10-8-7-9-21-62(5)40-13-11-37(12-14-40)44-31-59(4)47(35(2)66)17-18-48(59)55-53(74-36(3)67)29-38-27-41(68)15-16-42(38)54(44)55/h11-14,19-20,27-28,30,44,47-48,53,55,69,72H,6-10,15-18,21-26,29,31-34H2,1-5H3/t44-,47+,48+,53?,55-,59-,60+/m1/s1. The average Bonchev–Trinajstić information content (AvgIpc) is 3.95. The maximum Gasteiger partial charge on any atom is 0.343 e. The van der Waals surface area contributed by atoms with Gasteiger partial charge >= 0.3 is 11.9 Å². The summed E-state index contributed by atoms with van der Waals surface area (Å²) in [5, 5.41) is 23.3. The van der Waals surface area contributed by atoms with Gasteiger partial charge in [0.15, 0.2) is 11.4 Å². The lowest BCUT2D eigenvalue weighted by Gasteiger charge is -2.54. The van der Waals surface area contributed by atoms with E-state index in [9.17, 15) is 34.2 Å². The van der Waals surface area contributed by atoms with Gasteiger partial charge in [-0.05, 0) is 129 Å². The molecular weight excluding hydrogens is 935 g/mol. The maximum atomic E-state index is 13.7. The number of esters is 2. The maximum absolute atomic E-state index is 13.7. The second-order valence-electron chi connectivity index (χ2n) is 22.8. The van der Waals surface area contributed by atoms with Crippen LogP contribution in [0.4, 0.5) is 5.69 Å². The molecule has 2 N–H and O–H groups in total. The molecule has 0 bridgehead atoms. The summed E-state index contributed by atoms with van der Waals surface area (Å²) in [7, 11) is 2.17. The molecule has 0 amide bonds. The number of unbranched alkanes of at least 4 members (excludes halogenated alkanes) is 3. The Bertz CT molecular complexity index is 3080. The summed E-state index contributed by atoms with van der Waals surface area (Å²) < 4.78 is 13.0. The van der Waals surface area contributed by atoms with Crippen LogP contribution in [0.1, 0.15) is 132 Å². The number of cyclic esters (lactones) is 1. The average molecular weight is 1010 g/mol. The van der Waals surface area contributed by atoms with Crippen LogP contribution in [0.5, 0.6) is 5.75 Å². The van der Waals surface area contributed by atoms with Gasteiger partial charge in [0.2, 0.25) is 0 Å². The zero-order valence-electron chi connectivity index (χ0n) is 43.7. The largest absolute Gasteiger partial charge is 0.508 e. The molecule has 4 aromatic rings. The van der Waals surface area contributed by atoms with Gasteiger partial charge in [-0.25, -0.2) is 9.78 Å². The number of phenolic OH excluding ortho intramolecular Hbond substituents is 1. The first kappa shape index (κ1) is 50.2. The number of aliphatic hydroxyl groups is 1. The van der Waals surface area contributed by atoms with Crippen molar-refractivity contribution in [3.63, 3.8) is 0 Å².